The van der Waals surface area contributed by atoms with E-state index < -0.39 is 12.0 Å². The zero-order valence-electron chi connectivity index (χ0n) is 11.7. The molecule has 0 spiro atoms. The van der Waals surface area contributed by atoms with Gasteiger partial charge in [-0.3, -0.25) is 4.90 Å². The summed E-state index contributed by atoms with van der Waals surface area (Å²) in [7, 11) is 0. The maximum absolute atomic E-state index is 12.3. The first kappa shape index (κ1) is 14.7. The fourth-order valence-corrected chi connectivity index (χ4v) is 3.22. The minimum atomic E-state index is -4.72. The first-order chi connectivity index (χ1) is 9.77. The monoisotopic (exact) mass is 301 g/mol. The Kier molecular flexibility index (Phi) is 3.41. The van der Waals surface area contributed by atoms with Crippen molar-refractivity contribution in [1.29, 1.82) is 0 Å². The number of nitrogens with zero attached hydrogens (tertiary/aromatic N) is 1. The van der Waals surface area contributed by atoms with Crippen molar-refractivity contribution in [2.45, 2.75) is 50.2 Å². The Morgan fingerprint density at radius 2 is 2.05 bits per heavy atom. The highest BCUT2D eigenvalue weighted by atomic mass is 19.4. The molecule has 0 aromatic heterocycles. The molecular weight excluding hydrogens is 283 g/mol. The summed E-state index contributed by atoms with van der Waals surface area (Å²) in [5.41, 5.74) is -0.619. The smallest absolute Gasteiger partial charge is 0.406 e. The quantitative estimate of drug-likeness (QED) is 0.931. The van der Waals surface area contributed by atoms with Crippen molar-refractivity contribution in [3.63, 3.8) is 0 Å². The lowest BCUT2D eigenvalue weighted by Crippen LogP contribution is -2.33. The topological polar surface area (TPSA) is 32.7 Å². The van der Waals surface area contributed by atoms with Crippen molar-refractivity contribution >= 4 is 0 Å². The van der Waals surface area contributed by atoms with E-state index in [1.807, 2.05) is 6.92 Å². The molecule has 2 aliphatic rings. The van der Waals surface area contributed by atoms with Crippen LogP contribution in [0.3, 0.4) is 0 Å². The second kappa shape index (κ2) is 4.88. The molecule has 1 saturated carbocycles. The van der Waals surface area contributed by atoms with Gasteiger partial charge < -0.3 is 9.84 Å². The molecule has 0 amide bonds. The largest absolute Gasteiger partial charge is 0.573 e. The number of alkyl halides is 3. The van der Waals surface area contributed by atoms with Gasteiger partial charge in [0.05, 0.1) is 0 Å². The molecule has 3 rings (SSSR count). The van der Waals surface area contributed by atoms with Crippen LogP contribution in [0.5, 0.6) is 5.75 Å². The lowest BCUT2D eigenvalue weighted by Gasteiger charge is -2.24. The summed E-state index contributed by atoms with van der Waals surface area (Å²) in [4.78, 5) is 2.25. The first-order valence-corrected chi connectivity index (χ1v) is 7.11. The lowest BCUT2D eigenvalue weighted by atomic mass is 9.91. The minimum Gasteiger partial charge on any atom is -0.406 e. The molecule has 116 valence electrons. The number of ether oxygens (including phenoxy) is 1. The highest BCUT2D eigenvalue weighted by Crippen LogP contribution is 2.42. The lowest BCUT2D eigenvalue weighted by molar-refractivity contribution is -0.274. The van der Waals surface area contributed by atoms with Crippen LogP contribution in [-0.2, 0) is 5.60 Å². The molecule has 2 fully saturated rings. The predicted molar refractivity (Wildman–Crippen MR) is 70.8 cm³/mol. The maximum atomic E-state index is 12.3. The van der Waals surface area contributed by atoms with Gasteiger partial charge in [-0.05, 0) is 43.9 Å². The molecule has 1 aromatic carbocycles. The van der Waals surface area contributed by atoms with Crippen molar-refractivity contribution in [2.24, 2.45) is 0 Å². The zero-order chi connectivity index (χ0) is 15.3. The zero-order valence-corrected chi connectivity index (χ0v) is 11.7. The molecule has 1 heterocycles. The van der Waals surface area contributed by atoms with Gasteiger partial charge in [-0.15, -0.1) is 13.2 Å². The fourth-order valence-electron chi connectivity index (χ4n) is 3.22. The standard InChI is InChI=1S/C15H18F3NO2/c1-10-8-14(20,9-19(10)12-5-6-12)11-3-2-4-13(7-11)21-15(16,17)18/h2-4,7,10,12,20H,5-6,8-9H2,1H3. The molecule has 3 nitrogen and oxygen atoms in total. The number of benzene rings is 1. The van der Waals surface area contributed by atoms with Crippen LogP contribution in [0, 0.1) is 0 Å². The Morgan fingerprint density at radius 3 is 2.67 bits per heavy atom. The van der Waals surface area contributed by atoms with Gasteiger partial charge in [-0.2, -0.15) is 0 Å². The molecule has 1 aliphatic carbocycles. The van der Waals surface area contributed by atoms with Crippen molar-refractivity contribution in [3.05, 3.63) is 29.8 Å². The molecule has 1 N–H and O–H groups in total. The SMILES string of the molecule is CC1CC(O)(c2cccc(OC(F)(F)F)c2)CN1C1CC1. The van der Waals surface area contributed by atoms with Crippen LogP contribution in [0.2, 0.25) is 0 Å². The van der Waals surface area contributed by atoms with E-state index in [2.05, 4.69) is 9.64 Å². The summed E-state index contributed by atoms with van der Waals surface area (Å²) in [6.45, 7) is 2.51. The number of aliphatic hydroxyl groups is 1. The number of rotatable bonds is 3. The average molecular weight is 301 g/mol. The fraction of sp³-hybridized carbons (Fsp3) is 0.600. The second-order valence-electron chi connectivity index (χ2n) is 6.06. The van der Waals surface area contributed by atoms with Crippen molar-refractivity contribution in [2.75, 3.05) is 6.54 Å². The number of hydrogen-bond acceptors (Lipinski definition) is 3. The average Bonchev–Trinajstić information content (AvgIpc) is 3.14. The number of β-amino-alcohol motifs (C(OH)–C–C–N with tert-alkyl or cyclic N) is 1. The van der Waals surface area contributed by atoms with Gasteiger partial charge in [0.1, 0.15) is 11.4 Å². The van der Waals surface area contributed by atoms with Crippen molar-refractivity contribution in [1.82, 2.24) is 4.90 Å². The Bertz CT molecular complexity index is 530. The van der Waals surface area contributed by atoms with Crippen LogP contribution in [0.4, 0.5) is 13.2 Å². The van der Waals surface area contributed by atoms with Gasteiger partial charge in [0, 0.05) is 18.6 Å². The molecule has 2 unspecified atom stereocenters. The molecule has 1 aliphatic heterocycles. The van der Waals surface area contributed by atoms with Crippen LogP contribution in [-0.4, -0.2) is 35.0 Å². The summed E-state index contributed by atoms with van der Waals surface area (Å²) < 4.78 is 40.8. The minimum absolute atomic E-state index is 0.231. The maximum Gasteiger partial charge on any atom is 0.573 e. The van der Waals surface area contributed by atoms with E-state index >= 15 is 0 Å². The van der Waals surface area contributed by atoms with Gasteiger partial charge in [-0.25, -0.2) is 0 Å². The molecule has 0 radical (unpaired) electrons. The highest BCUT2D eigenvalue weighted by Gasteiger charge is 2.47. The first-order valence-electron chi connectivity index (χ1n) is 7.11. The molecular formula is C15H18F3NO2. The normalized spacial score (nSPS) is 30.6. The van der Waals surface area contributed by atoms with Gasteiger partial charge in [0.25, 0.3) is 0 Å². The van der Waals surface area contributed by atoms with E-state index in [1.165, 1.54) is 18.2 Å². The summed E-state index contributed by atoms with van der Waals surface area (Å²) in [5.74, 6) is -0.286. The van der Waals surface area contributed by atoms with Crippen LogP contribution < -0.4 is 4.74 Å². The Morgan fingerprint density at radius 1 is 1.33 bits per heavy atom. The summed E-state index contributed by atoms with van der Waals surface area (Å²) >= 11 is 0. The summed E-state index contributed by atoms with van der Waals surface area (Å²) in [6.07, 6.45) is -1.92. The predicted octanol–water partition coefficient (Wildman–Crippen LogP) is 3.03. The molecule has 0 bridgehead atoms. The Balaban J connectivity index is 1.81. The Hall–Kier alpha value is -1.27. The van der Waals surface area contributed by atoms with E-state index in [-0.39, 0.29) is 11.8 Å². The van der Waals surface area contributed by atoms with Gasteiger partial charge >= 0.3 is 6.36 Å². The third-order valence-corrected chi connectivity index (χ3v) is 4.26. The number of likely N-dealkylation sites (tertiary alicyclic amines) is 1. The molecule has 21 heavy (non-hydrogen) atoms. The van der Waals surface area contributed by atoms with Crippen LogP contribution in [0.25, 0.3) is 0 Å². The number of hydrogen-bond donors (Lipinski definition) is 1. The van der Waals surface area contributed by atoms with Crippen LogP contribution in [0.1, 0.15) is 31.7 Å². The Labute approximate surface area is 121 Å². The van der Waals surface area contributed by atoms with Crippen LogP contribution in [0.15, 0.2) is 24.3 Å². The second-order valence-corrected chi connectivity index (χ2v) is 6.06. The number of halogens is 3. The van der Waals surface area contributed by atoms with Gasteiger partial charge in [0.15, 0.2) is 0 Å². The molecule has 6 heteroatoms. The van der Waals surface area contributed by atoms with Crippen molar-refractivity contribution in [3.8, 4) is 5.75 Å². The van der Waals surface area contributed by atoms with Crippen LogP contribution >= 0.6 is 0 Å². The molecule has 1 aromatic rings. The van der Waals surface area contributed by atoms with E-state index in [0.717, 1.165) is 12.8 Å². The third kappa shape index (κ3) is 3.16. The van der Waals surface area contributed by atoms with Crippen molar-refractivity contribution < 1.29 is 23.0 Å². The third-order valence-electron chi connectivity index (χ3n) is 4.26. The summed E-state index contributed by atoms with van der Waals surface area (Å²) in [5, 5.41) is 10.8. The summed E-state index contributed by atoms with van der Waals surface area (Å²) in [6, 6.07) is 6.43. The van der Waals surface area contributed by atoms with Gasteiger partial charge in [0.2, 0.25) is 0 Å². The van der Waals surface area contributed by atoms with E-state index in [9.17, 15) is 18.3 Å². The molecule has 1 saturated heterocycles. The highest BCUT2D eigenvalue weighted by molar-refractivity contribution is 5.34. The van der Waals surface area contributed by atoms with E-state index in [0.29, 0.717) is 24.6 Å². The molecule has 2 atom stereocenters. The van der Waals surface area contributed by atoms with E-state index in [1.54, 1.807) is 6.07 Å². The van der Waals surface area contributed by atoms with E-state index in [4.69, 9.17) is 0 Å². The van der Waals surface area contributed by atoms with Gasteiger partial charge in [-0.1, -0.05) is 12.1 Å².